The Labute approximate surface area is 113 Å². The van der Waals surface area contributed by atoms with Gasteiger partial charge in [0.05, 0.1) is 12.2 Å². The van der Waals surface area contributed by atoms with Gasteiger partial charge in [0.25, 0.3) is 0 Å². The van der Waals surface area contributed by atoms with Crippen molar-refractivity contribution in [2.45, 2.75) is 78.0 Å². The van der Waals surface area contributed by atoms with Crippen molar-refractivity contribution in [3.63, 3.8) is 0 Å². The molecule has 0 saturated carbocycles. The van der Waals surface area contributed by atoms with Crippen molar-refractivity contribution in [1.29, 1.82) is 0 Å². The topological polar surface area (TPSA) is 12.5 Å². The lowest BCUT2D eigenvalue weighted by atomic mass is 10.0. The molecule has 2 heteroatoms. The standard InChI is InChI=1S/C16H31NO/c1-6-8-15(10-9-14(5)7-2)18-16-11-17(12-16)13(3)4/h13,15-16H,5-12H2,1-4H3. The average molecular weight is 253 g/mol. The van der Waals surface area contributed by atoms with E-state index in [0.717, 1.165) is 32.4 Å². The largest absolute Gasteiger partial charge is 0.372 e. The van der Waals surface area contributed by atoms with E-state index in [1.165, 1.54) is 18.4 Å². The molecule has 106 valence electrons. The molecule has 1 saturated heterocycles. The number of ether oxygens (including phenoxy) is 1. The molecule has 0 aliphatic carbocycles. The molecule has 2 nitrogen and oxygen atoms in total. The highest BCUT2D eigenvalue weighted by Crippen LogP contribution is 2.21. The van der Waals surface area contributed by atoms with Crippen molar-refractivity contribution < 1.29 is 4.74 Å². The quantitative estimate of drug-likeness (QED) is 0.576. The summed E-state index contributed by atoms with van der Waals surface area (Å²) in [6, 6.07) is 0.661. The maximum absolute atomic E-state index is 6.22. The predicted octanol–water partition coefficient (Wildman–Crippen LogP) is 4.01. The van der Waals surface area contributed by atoms with Gasteiger partial charge in [-0.15, -0.1) is 0 Å². The second kappa shape index (κ2) is 7.96. The van der Waals surface area contributed by atoms with Gasteiger partial charge in [-0.25, -0.2) is 0 Å². The second-order valence-electron chi connectivity index (χ2n) is 5.86. The highest BCUT2D eigenvalue weighted by atomic mass is 16.5. The summed E-state index contributed by atoms with van der Waals surface area (Å²) < 4.78 is 6.22. The summed E-state index contributed by atoms with van der Waals surface area (Å²) >= 11 is 0. The molecule has 18 heavy (non-hydrogen) atoms. The first-order valence-electron chi connectivity index (χ1n) is 7.62. The Morgan fingerprint density at radius 3 is 2.44 bits per heavy atom. The summed E-state index contributed by atoms with van der Waals surface area (Å²) in [5.74, 6) is 0. The van der Waals surface area contributed by atoms with E-state index in [0.29, 0.717) is 18.2 Å². The van der Waals surface area contributed by atoms with Gasteiger partial charge < -0.3 is 4.74 Å². The molecule has 1 heterocycles. The SMILES string of the molecule is C=C(CC)CCC(CCC)OC1CN(C(C)C)C1. The van der Waals surface area contributed by atoms with Crippen molar-refractivity contribution in [1.82, 2.24) is 4.90 Å². The van der Waals surface area contributed by atoms with Crippen LogP contribution < -0.4 is 0 Å². The van der Waals surface area contributed by atoms with Crippen molar-refractivity contribution in [2.24, 2.45) is 0 Å². The predicted molar refractivity (Wildman–Crippen MR) is 78.9 cm³/mol. The van der Waals surface area contributed by atoms with Gasteiger partial charge in [-0.2, -0.15) is 0 Å². The monoisotopic (exact) mass is 253 g/mol. The first-order chi connectivity index (χ1) is 8.56. The fourth-order valence-electron chi connectivity index (χ4n) is 2.39. The molecule has 1 rings (SSSR count). The molecule has 1 aliphatic heterocycles. The van der Waals surface area contributed by atoms with E-state index < -0.39 is 0 Å². The number of hydrogen-bond donors (Lipinski definition) is 0. The highest BCUT2D eigenvalue weighted by Gasteiger charge is 2.30. The summed E-state index contributed by atoms with van der Waals surface area (Å²) in [4.78, 5) is 2.47. The Kier molecular flexibility index (Phi) is 6.95. The van der Waals surface area contributed by atoms with Gasteiger partial charge in [0.1, 0.15) is 0 Å². The molecule has 0 N–H and O–H groups in total. The molecule has 0 radical (unpaired) electrons. The molecule has 1 fully saturated rings. The molecule has 0 aromatic heterocycles. The molecule has 1 atom stereocenters. The third kappa shape index (κ3) is 5.11. The van der Waals surface area contributed by atoms with Gasteiger partial charge >= 0.3 is 0 Å². The highest BCUT2D eigenvalue weighted by molar-refractivity contribution is 4.93. The lowest BCUT2D eigenvalue weighted by Crippen LogP contribution is -2.55. The smallest absolute Gasteiger partial charge is 0.0832 e. The zero-order chi connectivity index (χ0) is 13.5. The Hall–Kier alpha value is -0.340. The van der Waals surface area contributed by atoms with Crippen LogP contribution >= 0.6 is 0 Å². The summed E-state index contributed by atoms with van der Waals surface area (Å²) in [5.41, 5.74) is 1.36. The van der Waals surface area contributed by atoms with E-state index in [4.69, 9.17) is 4.74 Å². The Morgan fingerprint density at radius 2 is 1.94 bits per heavy atom. The molecule has 0 aromatic rings. The average Bonchev–Trinajstić information content (AvgIpc) is 2.28. The van der Waals surface area contributed by atoms with Gasteiger partial charge in [0, 0.05) is 19.1 Å². The van der Waals surface area contributed by atoms with Crippen LogP contribution in [-0.2, 0) is 4.74 Å². The van der Waals surface area contributed by atoms with Gasteiger partial charge in [-0.1, -0.05) is 32.4 Å². The number of likely N-dealkylation sites (tertiary alicyclic amines) is 1. The van der Waals surface area contributed by atoms with Crippen LogP contribution in [0.25, 0.3) is 0 Å². The molecule has 0 amide bonds. The summed E-state index contributed by atoms with van der Waals surface area (Å²) in [6.45, 7) is 15.3. The van der Waals surface area contributed by atoms with E-state index in [-0.39, 0.29) is 0 Å². The van der Waals surface area contributed by atoms with E-state index in [2.05, 4.69) is 39.2 Å². The summed E-state index contributed by atoms with van der Waals surface area (Å²) in [6.07, 6.45) is 6.69. The summed E-state index contributed by atoms with van der Waals surface area (Å²) in [7, 11) is 0. The number of rotatable bonds is 9. The first-order valence-corrected chi connectivity index (χ1v) is 7.62. The van der Waals surface area contributed by atoms with Gasteiger partial charge in [0.15, 0.2) is 0 Å². The molecule has 1 aliphatic rings. The van der Waals surface area contributed by atoms with Crippen LogP contribution in [-0.4, -0.2) is 36.2 Å². The Morgan fingerprint density at radius 1 is 1.28 bits per heavy atom. The van der Waals surface area contributed by atoms with Crippen LogP contribution in [0.1, 0.15) is 59.8 Å². The van der Waals surface area contributed by atoms with Gasteiger partial charge in [-0.05, 0) is 39.5 Å². The van der Waals surface area contributed by atoms with E-state index >= 15 is 0 Å². The van der Waals surface area contributed by atoms with Crippen molar-refractivity contribution in [3.05, 3.63) is 12.2 Å². The Balaban J connectivity index is 2.24. The van der Waals surface area contributed by atoms with Gasteiger partial charge in [-0.3, -0.25) is 4.90 Å². The van der Waals surface area contributed by atoms with Crippen LogP contribution in [0.4, 0.5) is 0 Å². The van der Waals surface area contributed by atoms with Gasteiger partial charge in [0.2, 0.25) is 0 Å². The molecule has 0 spiro atoms. The zero-order valence-corrected chi connectivity index (χ0v) is 12.7. The Bertz CT molecular complexity index is 243. The number of hydrogen-bond acceptors (Lipinski definition) is 2. The normalized spacial score (nSPS) is 18.9. The third-order valence-electron chi connectivity index (χ3n) is 3.92. The lowest BCUT2D eigenvalue weighted by molar-refractivity contribution is -0.105. The lowest BCUT2D eigenvalue weighted by Gasteiger charge is -2.43. The minimum atomic E-state index is 0.442. The van der Waals surface area contributed by atoms with E-state index in [1.54, 1.807) is 0 Å². The third-order valence-corrected chi connectivity index (χ3v) is 3.92. The molecule has 1 unspecified atom stereocenters. The summed E-state index contributed by atoms with van der Waals surface area (Å²) in [5, 5.41) is 0. The van der Waals surface area contributed by atoms with Crippen LogP contribution in [0.2, 0.25) is 0 Å². The molecular formula is C16H31NO. The minimum Gasteiger partial charge on any atom is -0.372 e. The second-order valence-corrected chi connectivity index (χ2v) is 5.86. The zero-order valence-electron chi connectivity index (χ0n) is 12.7. The van der Waals surface area contributed by atoms with Crippen molar-refractivity contribution in [3.8, 4) is 0 Å². The minimum absolute atomic E-state index is 0.442. The fourth-order valence-corrected chi connectivity index (χ4v) is 2.39. The molecular weight excluding hydrogens is 222 g/mol. The van der Waals surface area contributed by atoms with Crippen LogP contribution in [0.5, 0.6) is 0 Å². The fraction of sp³-hybridized carbons (Fsp3) is 0.875. The van der Waals surface area contributed by atoms with E-state index in [9.17, 15) is 0 Å². The van der Waals surface area contributed by atoms with Crippen molar-refractivity contribution in [2.75, 3.05) is 13.1 Å². The molecule has 0 aromatic carbocycles. The molecule has 0 bridgehead atoms. The van der Waals surface area contributed by atoms with Crippen molar-refractivity contribution >= 4 is 0 Å². The van der Waals surface area contributed by atoms with Crippen LogP contribution in [0.15, 0.2) is 12.2 Å². The maximum atomic E-state index is 6.22. The number of allylic oxidation sites excluding steroid dienone is 1. The number of nitrogens with zero attached hydrogens (tertiary/aromatic N) is 1. The van der Waals surface area contributed by atoms with Crippen LogP contribution in [0, 0.1) is 0 Å². The van der Waals surface area contributed by atoms with E-state index in [1.807, 2.05) is 0 Å². The maximum Gasteiger partial charge on any atom is 0.0832 e. The van der Waals surface area contributed by atoms with Crippen LogP contribution in [0.3, 0.4) is 0 Å². The first kappa shape index (κ1) is 15.7.